The summed E-state index contributed by atoms with van der Waals surface area (Å²) in [6, 6.07) is 6.30. The summed E-state index contributed by atoms with van der Waals surface area (Å²) in [5.41, 5.74) is 2.32. The van der Waals surface area contributed by atoms with Gasteiger partial charge in [0.1, 0.15) is 18.1 Å². The number of benzene rings is 1. The standard InChI is InChI=1S/C21H32N4O2.HI/c1-7-22-20(25-14-19-24-13-18(27-19)21(3,4)5)23-11-10-16-9-8-15(2)17(12-16)26-6;/h8-9,12-13H,7,10-11,14H2,1-6H3,(H2,22,23,25);1H. The van der Waals surface area contributed by atoms with Crippen LogP contribution in [0.5, 0.6) is 5.75 Å². The lowest BCUT2D eigenvalue weighted by Gasteiger charge is -2.13. The van der Waals surface area contributed by atoms with Gasteiger partial charge < -0.3 is 19.8 Å². The summed E-state index contributed by atoms with van der Waals surface area (Å²) in [6.07, 6.45) is 2.67. The van der Waals surface area contributed by atoms with E-state index in [2.05, 4.69) is 59.6 Å². The van der Waals surface area contributed by atoms with Crippen LogP contribution in [0.2, 0.25) is 0 Å². The van der Waals surface area contributed by atoms with E-state index in [0.29, 0.717) is 12.4 Å². The Balaban J connectivity index is 0.00000392. The van der Waals surface area contributed by atoms with Crippen molar-refractivity contribution in [3.63, 3.8) is 0 Å². The molecule has 2 N–H and O–H groups in total. The molecule has 7 heteroatoms. The van der Waals surface area contributed by atoms with E-state index >= 15 is 0 Å². The number of rotatable bonds is 7. The molecule has 2 rings (SSSR count). The number of methoxy groups -OCH3 is 1. The summed E-state index contributed by atoms with van der Waals surface area (Å²) < 4.78 is 11.2. The zero-order chi connectivity index (χ0) is 19.9. The first-order valence-electron chi connectivity index (χ1n) is 9.44. The van der Waals surface area contributed by atoms with Crippen LogP contribution >= 0.6 is 24.0 Å². The van der Waals surface area contributed by atoms with Crippen molar-refractivity contribution in [2.45, 2.75) is 53.0 Å². The van der Waals surface area contributed by atoms with E-state index in [1.165, 1.54) is 5.56 Å². The Kier molecular flexibility index (Phi) is 9.78. The fourth-order valence-corrected chi connectivity index (χ4v) is 2.56. The second-order valence-electron chi connectivity index (χ2n) is 7.54. The normalized spacial score (nSPS) is 11.7. The number of aryl methyl sites for hydroxylation is 1. The quantitative estimate of drug-likeness (QED) is 0.339. The van der Waals surface area contributed by atoms with Crippen LogP contribution in [0.1, 0.15) is 50.5 Å². The summed E-state index contributed by atoms with van der Waals surface area (Å²) in [6.45, 7) is 12.4. The highest BCUT2D eigenvalue weighted by molar-refractivity contribution is 14.0. The number of nitrogens with zero attached hydrogens (tertiary/aromatic N) is 2. The lowest BCUT2D eigenvalue weighted by molar-refractivity contribution is 0.383. The topological polar surface area (TPSA) is 71.7 Å². The van der Waals surface area contributed by atoms with Gasteiger partial charge in [-0.05, 0) is 37.5 Å². The van der Waals surface area contributed by atoms with Crippen molar-refractivity contribution in [2.75, 3.05) is 20.2 Å². The van der Waals surface area contributed by atoms with E-state index in [4.69, 9.17) is 9.15 Å². The Bertz CT molecular complexity index is 766. The number of halogens is 1. The van der Waals surface area contributed by atoms with Gasteiger partial charge in [-0.15, -0.1) is 24.0 Å². The first kappa shape index (κ1) is 24.3. The Labute approximate surface area is 185 Å². The van der Waals surface area contributed by atoms with Gasteiger partial charge in [0.2, 0.25) is 5.89 Å². The highest BCUT2D eigenvalue weighted by Gasteiger charge is 2.19. The second-order valence-corrected chi connectivity index (χ2v) is 7.54. The summed E-state index contributed by atoms with van der Waals surface area (Å²) in [5, 5.41) is 6.61. The maximum absolute atomic E-state index is 5.80. The predicted molar refractivity (Wildman–Crippen MR) is 125 cm³/mol. The maximum atomic E-state index is 5.80. The lowest BCUT2D eigenvalue weighted by atomic mass is 9.94. The minimum absolute atomic E-state index is 0. The first-order chi connectivity index (χ1) is 12.8. The van der Waals surface area contributed by atoms with E-state index in [1.807, 2.05) is 13.8 Å². The van der Waals surface area contributed by atoms with Crippen LogP contribution in [0.15, 0.2) is 33.8 Å². The van der Waals surface area contributed by atoms with Crippen LogP contribution in [0.3, 0.4) is 0 Å². The van der Waals surface area contributed by atoms with Crippen LogP contribution in [0.25, 0.3) is 0 Å². The van der Waals surface area contributed by atoms with E-state index < -0.39 is 0 Å². The molecule has 0 amide bonds. The first-order valence-corrected chi connectivity index (χ1v) is 9.44. The van der Waals surface area contributed by atoms with Crippen molar-refractivity contribution in [1.29, 1.82) is 0 Å². The van der Waals surface area contributed by atoms with Crippen LogP contribution in [0, 0.1) is 6.92 Å². The van der Waals surface area contributed by atoms with Gasteiger partial charge >= 0.3 is 0 Å². The van der Waals surface area contributed by atoms with Gasteiger partial charge in [-0.3, -0.25) is 0 Å². The summed E-state index contributed by atoms with van der Waals surface area (Å²) in [4.78, 5) is 8.90. The molecule has 2 aromatic rings. The van der Waals surface area contributed by atoms with Crippen LogP contribution in [-0.2, 0) is 18.4 Å². The van der Waals surface area contributed by atoms with Crippen molar-refractivity contribution >= 4 is 29.9 Å². The molecule has 0 bridgehead atoms. The predicted octanol–water partition coefficient (Wildman–Crippen LogP) is 4.20. The molecular weight excluding hydrogens is 467 g/mol. The number of guanidine groups is 1. The summed E-state index contributed by atoms with van der Waals surface area (Å²) in [7, 11) is 1.70. The minimum Gasteiger partial charge on any atom is -0.496 e. The average molecular weight is 500 g/mol. The maximum Gasteiger partial charge on any atom is 0.216 e. The Morgan fingerprint density at radius 1 is 1.25 bits per heavy atom. The van der Waals surface area contributed by atoms with Gasteiger partial charge in [0.05, 0.1) is 13.3 Å². The van der Waals surface area contributed by atoms with E-state index in [-0.39, 0.29) is 29.4 Å². The Morgan fingerprint density at radius 2 is 2.00 bits per heavy atom. The van der Waals surface area contributed by atoms with Gasteiger partial charge in [-0.2, -0.15) is 0 Å². The van der Waals surface area contributed by atoms with Crippen LogP contribution < -0.4 is 15.4 Å². The largest absolute Gasteiger partial charge is 0.496 e. The number of aromatic nitrogens is 1. The molecule has 0 fully saturated rings. The highest BCUT2D eigenvalue weighted by atomic mass is 127. The number of oxazole rings is 1. The van der Waals surface area contributed by atoms with Crippen LogP contribution in [0.4, 0.5) is 0 Å². The molecule has 28 heavy (non-hydrogen) atoms. The van der Waals surface area contributed by atoms with Gasteiger partial charge in [-0.1, -0.05) is 32.9 Å². The summed E-state index contributed by atoms with van der Waals surface area (Å²) in [5.74, 6) is 3.18. The third kappa shape index (κ3) is 7.33. The molecular formula is C21H33IN4O2. The molecule has 0 aliphatic rings. The molecule has 0 spiro atoms. The monoisotopic (exact) mass is 500 g/mol. The van der Waals surface area contributed by atoms with Crippen molar-refractivity contribution in [2.24, 2.45) is 4.99 Å². The fourth-order valence-electron chi connectivity index (χ4n) is 2.56. The molecule has 0 aliphatic carbocycles. The highest BCUT2D eigenvalue weighted by Crippen LogP contribution is 2.22. The number of nitrogens with one attached hydrogen (secondary N) is 2. The van der Waals surface area contributed by atoms with Crippen molar-refractivity contribution in [3.05, 3.63) is 47.2 Å². The molecule has 0 radical (unpaired) electrons. The smallest absolute Gasteiger partial charge is 0.216 e. The van der Waals surface area contributed by atoms with E-state index in [1.54, 1.807) is 13.3 Å². The molecule has 0 aliphatic heterocycles. The zero-order valence-electron chi connectivity index (χ0n) is 17.8. The van der Waals surface area contributed by atoms with Crippen molar-refractivity contribution in [3.8, 4) is 5.75 Å². The van der Waals surface area contributed by atoms with E-state index in [9.17, 15) is 0 Å². The summed E-state index contributed by atoms with van der Waals surface area (Å²) >= 11 is 0. The molecule has 1 aromatic heterocycles. The third-order valence-electron chi connectivity index (χ3n) is 4.19. The average Bonchev–Trinajstić information content (AvgIpc) is 3.10. The Hall–Kier alpha value is -1.77. The molecule has 1 aromatic carbocycles. The molecule has 0 unspecified atom stereocenters. The molecule has 0 saturated heterocycles. The third-order valence-corrected chi connectivity index (χ3v) is 4.19. The minimum atomic E-state index is -0.0488. The number of aliphatic imine (C=N–C) groups is 1. The van der Waals surface area contributed by atoms with Crippen molar-refractivity contribution in [1.82, 2.24) is 15.6 Å². The SMILES string of the molecule is CCNC(=NCc1ncc(C(C)(C)C)o1)NCCc1ccc(C)c(OC)c1.I. The zero-order valence-corrected chi connectivity index (χ0v) is 20.1. The molecule has 0 atom stereocenters. The lowest BCUT2D eigenvalue weighted by Crippen LogP contribution is -2.38. The number of hydrogen-bond donors (Lipinski definition) is 2. The Morgan fingerprint density at radius 3 is 2.61 bits per heavy atom. The van der Waals surface area contributed by atoms with E-state index in [0.717, 1.165) is 42.5 Å². The van der Waals surface area contributed by atoms with Crippen LogP contribution in [-0.4, -0.2) is 31.1 Å². The molecule has 0 saturated carbocycles. The van der Waals surface area contributed by atoms with Gasteiger partial charge in [0, 0.05) is 18.5 Å². The second kappa shape index (κ2) is 11.3. The number of hydrogen-bond acceptors (Lipinski definition) is 4. The van der Waals surface area contributed by atoms with Gasteiger partial charge in [0.15, 0.2) is 5.96 Å². The van der Waals surface area contributed by atoms with Crippen molar-refractivity contribution < 1.29 is 9.15 Å². The van der Waals surface area contributed by atoms with Gasteiger partial charge in [0.25, 0.3) is 0 Å². The number of ether oxygens (including phenoxy) is 1. The molecule has 156 valence electrons. The fraction of sp³-hybridized carbons (Fsp3) is 0.524. The molecule has 6 nitrogen and oxygen atoms in total. The molecule has 1 heterocycles. The van der Waals surface area contributed by atoms with Gasteiger partial charge in [-0.25, -0.2) is 9.98 Å².